The molecule has 0 N–H and O–H groups in total. The lowest BCUT2D eigenvalue weighted by Gasteiger charge is -2.32. The van der Waals surface area contributed by atoms with Gasteiger partial charge < -0.3 is 14.5 Å². The molecule has 0 unspecified atom stereocenters. The Hall–Kier alpha value is -1.79. The number of aliphatic imine (C=N–C) groups is 1. The number of amides is 1. The fourth-order valence-electron chi connectivity index (χ4n) is 2.46. The quantitative estimate of drug-likeness (QED) is 0.780. The molecular weight excluding hydrogens is 298 g/mol. The second kappa shape index (κ2) is 6.54. The van der Waals surface area contributed by atoms with E-state index >= 15 is 0 Å². The molecule has 22 heavy (non-hydrogen) atoms. The summed E-state index contributed by atoms with van der Waals surface area (Å²) in [6.45, 7) is 3.83. The molecule has 0 bridgehead atoms. The van der Waals surface area contributed by atoms with Crippen LogP contribution < -0.4 is 4.74 Å². The molecule has 0 spiro atoms. The summed E-state index contributed by atoms with van der Waals surface area (Å²) in [5.41, 5.74) is 0.899. The van der Waals surface area contributed by atoms with Crippen molar-refractivity contribution in [3.8, 4) is 5.75 Å². The van der Waals surface area contributed by atoms with Gasteiger partial charge in [-0.1, -0.05) is 18.2 Å². The molecule has 0 aliphatic carbocycles. The minimum Gasteiger partial charge on any atom is -0.496 e. The van der Waals surface area contributed by atoms with Crippen LogP contribution in [0.2, 0.25) is 0 Å². The van der Waals surface area contributed by atoms with Crippen LogP contribution in [0.1, 0.15) is 5.56 Å². The number of carbonyl (C=O) groups excluding carboxylic acids is 1. The van der Waals surface area contributed by atoms with E-state index in [-0.39, 0.29) is 5.91 Å². The first-order valence-electron chi connectivity index (χ1n) is 7.26. The summed E-state index contributed by atoms with van der Waals surface area (Å²) in [6, 6.07) is 7.67. The molecule has 2 aliphatic heterocycles. The average molecular weight is 317 g/mol. The number of amidine groups is 1. The Morgan fingerprint density at radius 2 is 1.95 bits per heavy atom. The Kier molecular flexibility index (Phi) is 4.49. The third kappa shape index (κ3) is 3.18. The molecule has 0 aromatic heterocycles. The van der Waals surface area contributed by atoms with E-state index in [0.29, 0.717) is 4.91 Å². The standard InChI is InChI=1S/C16H19N3O2S/c1-18-7-9-19(10-8-18)16-17-15(20)14(22-16)11-12-5-3-4-6-13(12)21-2/h3-6,11H,7-10H2,1-2H3/b14-11-. The van der Waals surface area contributed by atoms with E-state index in [1.165, 1.54) is 11.8 Å². The third-order valence-electron chi connectivity index (χ3n) is 3.81. The second-order valence-electron chi connectivity index (χ2n) is 5.34. The highest BCUT2D eigenvalue weighted by atomic mass is 32.2. The van der Waals surface area contributed by atoms with Gasteiger partial charge in [0.05, 0.1) is 12.0 Å². The number of carbonyl (C=O) groups is 1. The number of para-hydroxylation sites is 1. The number of likely N-dealkylation sites (N-methyl/N-ethyl adjacent to an activating group) is 1. The lowest BCUT2D eigenvalue weighted by molar-refractivity contribution is -0.113. The van der Waals surface area contributed by atoms with Gasteiger partial charge in [-0.15, -0.1) is 0 Å². The molecule has 6 heteroatoms. The van der Waals surface area contributed by atoms with Gasteiger partial charge in [-0.25, -0.2) is 0 Å². The summed E-state index contributed by atoms with van der Waals surface area (Å²) in [4.78, 5) is 21.5. The van der Waals surface area contributed by atoms with Crippen LogP contribution in [-0.4, -0.2) is 61.2 Å². The van der Waals surface area contributed by atoms with Crippen molar-refractivity contribution < 1.29 is 9.53 Å². The molecule has 2 aliphatic rings. The molecule has 1 saturated heterocycles. The van der Waals surface area contributed by atoms with Crippen LogP contribution in [0.15, 0.2) is 34.2 Å². The molecule has 3 rings (SSSR count). The number of thioether (sulfide) groups is 1. The van der Waals surface area contributed by atoms with Crippen LogP contribution in [-0.2, 0) is 4.79 Å². The molecule has 1 aromatic carbocycles. The van der Waals surface area contributed by atoms with Gasteiger partial charge in [0.2, 0.25) is 0 Å². The van der Waals surface area contributed by atoms with Gasteiger partial charge in [0, 0.05) is 31.7 Å². The van der Waals surface area contributed by atoms with Crippen molar-refractivity contribution in [3.63, 3.8) is 0 Å². The molecule has 0 saturated carbocycles. The fraction of sp³-hybridized carbons (Fsp3) is 0.375. The predicted octanol–water partition coefficient (Wildman–Crippen LogP) is 1.91. The highest BCUT2D eigenvalue weighted by Crippen LogP contribution is 2.32. The normalized spacial score (nSPS) is 21.4. The molecule has 1 aromatic rings. The molecular formula is C16H19N3O2S. The van der Waals surface area contributed by atoms with E-state index in [2.05, 4.69) is 21.8 Å². The van der Waals surface area contributed by atoms with Gasteiger partial charge in [0.15, 0.2) is 5.17 Å². The van der Waals surface area contributed by atoms with E-state index in [1.807, 2.05) is 30.3 Å². The second-order valence-corrected chi connectivity index (χ2v) is 6.35. The van der Waals surface area contributed by atoms with E-state index in [9.17, 15) is 4.79 Å². The number of piperazine rings is 1. The van der Waals surface area contributed by atoms with Crippen molar-refractivity contribution >= 4 is 28.9 Å². The number of benzene rings is 1. The van der Waals surface area contributed by atoms with E-state index in [1.54, 1.807) is 7.11 Å². The number of methoxy groups -OCH3 is 1. The van der Waals surface area contributed by atoms with Crippen molar-refractivity contribution in [1.82, 2.24) is 9.80 Å². The number of hydrogen-bond acceptors (Lipinski definition) is 5. The zero-order valence-electron chi connectivity index (χ0n) is 12.8. The van der Waals surface area contributed by atoms with E-state index in [4.69, 9.17) is 4.74 Å². The largest absolute Gasteiger partial charge is 0.496 e. The number of ether oxygens (including phenoxy) is 1. The van der Waals surface area contributed by atoms with Crippen molar-refractivity contribution in [1.29, 1.82) is 0 Å². The van der Waals surface area contributed by atoms with E-state index in [0.717, 1.165) is 42.7 Å². The minimum absolute atomic E-state index is 0.162. The van der Waals surface area contributed by atoms with Crippen LogP contribution in [0.4, 0.5) is 0 Å². The monoisotopic (exact) mass is 317 g/mol. The highest BCUT2D eigenvalue weighted by Gasteiger charge is 2.27. The van der Waals surface area contributed by atoms with Gasteiger partial charge in [-0.05, 0) is 31.0 Å². The maximum absolute atomic E-state index is 12.1. The third-order valence-corrected chi connectivity index (χ3v) is 4.85. The Morgan fingerprint density at radius 1 is 1.23 bits per heavy atom. The summed E-state index contributed by atoms with van der Waals surface area (Å²) in [6.07, 6.45) is 1.86. The van der Waals surface area contributed by atoms with Crippen LogP contribution in [0, 0.1) is 0 Å². The lowest BCUT2D eigenvalue weighted by atomic mass is 10.2. The minimum atomic E-state index is -0.162. The summed E-state index contributed by atoms with van der Waals surface area (Å²) in [5, 5.41) is 0.819. The number of rotatable bonds is 2. The molecule has 0 atom stereocenters. The van der Waals surface area contributed by atoms with Crippen molar-refractivity contribution in [2.24, 2.45) is 4.99 Å². The van der Waals surface area contributed by atoms with Crippen LogP contribution >= 0.6 is 11.8 Å². The Balaban J connectivity index is 1.75. The zero-order chi connectivity index (χ0) is 15.5. The van der Waals surface area contributed by atoms with Crippen LogP contribution in [0.5, 0.6) is 5.75 Å². The van der Waals surface area contributed by atoms with Crippen LogP contribution in [0.3, 0.4) is 0 Å². The average Bonchev–Trinajstić information content (AvgIpc) is 2.89. The molecule has 116 valence electrons. The maximum Gasteiger partial charge on any atom is 0.286 e. The number of hydrogen-bond donors (Lipinski definition) is 0. The fourth-order valence-corrected chi connectivity index (χ4v) is 3.41. The van der Waals surface area contributed by atoms with Crippen LogP contribution in [0.25, 0.3) is 6.08 Å². The van der Waals surface area contributed by atoms with Crippen molar-refractivity contribution in [2.75, 3.05) is 40.3 Å². The van der Waals surface area contributed by atoms with Gasteiger partial charge in [-0.3, -0.25) is 4.79 Å². The topological polar surface area (TPSA) is 45.1 Å². The Bertz CT molecular complexity index is 634. The molecule has 1 fully saturated rings. The first-order valence-corrected chi connectivity index (χ1v) is 8.08. The number of nitrogens with zero attached hydrogens (tertiary/aromatic N) is 3. The van der Waals surface area contributed by atoms with Gasteiger partial charge >= 0.3 is 0 Å². The Morgan fingerprint density at radius 3 is 2.68 bits per heavy atom. The summed E-state index contributed by atoms with van der Waals surface area (Å²) in [7, 11) is 3.74. The zero-order valence-corrected chi connectivity index (χ0v) is 13.6. The summed E-state index contributed by atoms with van der Waals surface area (Å²) < 4.78 is 5.33. The van der Waals surface area contributed by atoms with Crippen molar-refractivity contribution in [2.45, 2.75) is 0 Å². The summed E-state index contributed by atoms with van der Waals surface area (Å²) in [5.74, 6) is 0.598. The SMILES string of the molecule is COc1ccccc1/C=C1\SC(N2CCN(C)CC2)=NC1=O. The first-order chi connectivity index (χ1) is 10.7. The molecule has 1 amide bonds. The lowest BCUT2D eigenvalue weighted by Crippen LogP contribution is -2.46. The van der Waals surface area contributed by atoms with Crippen molar-refractivity contribution in [3.05, 3.63) is 34.7 Å². The van der Waals surface area contributed by atoms with Gasteiger partial charge in [0.25, 0.3) is 5.91 Å². The first kappa shape index (κ1) is 15.1. The molecule has 0 radical (unpaired) electrons. The van der Waals surface area contributed by atoms with E-state index < -0.39 is 0 Å². The van der Waals surface area contributed by atoms with Gasteiger partial charge in [-0.2, -0.15) is 4.99 Å². The predicted molar refractivity (Wildman–Crippen MR) is 90.1 cm³/mol. The highest BCUT2D eigenvalue weighted by molar-refractivity contribution is 8.18. The Labute approximate surface area is 134 Å². The smallest absolute Gasteiger partial charge is 0.286 e. The maximum atomic E-state index is 12.1. The molecule has 5 nitrogen and oxygen atoms in total. The summed E-state index contributed by atoms with van der Waals surface area (Å²) >= 11 is 1.45. The molecule has 2 heterocycles. The van der Waals surface area contributed by atoms with Gasteiger partial charge in [0.1, 0.15) is 5.75 Å².